The van der Waals surface area contributed by atoms with E-state index in [2.05, 4.69) is 20.9 Å². The van der Waals surface area contributed by atoms with Gasteiger partial charge in [-0.3, -0.25) is 9.59 Å². The van der Waals surface area contributed by atoms with Crippen LogP contribution in [0.2, 0.25) is 5.02 Å². The van der Waals surface area contributed by atoms with E-state index in [4.69, 9.17) is 21.1 Å². The standard InChI is InChI=1S/C21H22ClN5O4/c1-12-5-6-18(17(22)7-12)24-21(29)20-13(2)27(26-25-20)11-19(28)23-14-8-15(30-3)10-16(9-14)31-4/h5-10H,11H2,1-4H3,(H,23,28)(H,24,29). The van der Waals surface area contributed by atoms with Crippen molar-refractivity contribution in [2.24, 2.45) is 0 Å². The van der Waals surface area contributed by atoms with Crippen molar-refractivity contribution < 1.29 is 19.1 Å². The van der Waals surface area contributed by atoms with E-state index < -0.39 is 5.91 Å². The molecule has 9 nitrogen and oxygen atoms in total. The Balaban J connectivity index is 1.70. The highest BCUT2D eigenvalue weighted by atomic mass is 35.5. The summed E-state index contributed by atoms with van der Waals surface area (Å²) in [6.07, 6.45) is 0. The Hall–Kier alpha value is -3.59. The lowest BCUT2D eigenvalue weighted by atomic mass is 10.2. The predicted octanol–water partition coefficient (Wildman–Crippen LogP) is 3.46. The van der Waals surface area contributed by atoms with Gasteiger partial charge < -0.3 is 20.1 Å². The van der Waals surface area contributed by atoms with Gasteiger partial charge in [-0.15, -0.1) is 5.10 Å². The second-order valence-corrected chi connectivity index (χ2v) is 7.18. The molecule has 2 aromatic carbocycles. The zero-order valence-corrected chi connectivity index (χ0v) is 18.3. The Kier molecular flexibility index (Phi) is 6.76. The summed E-state index contributed by atoms with van der Waals surface area (Å²) < 4.78 is 11.7. The molecule has 0 unspecified atom stereocenters. The number of halogens is 1. The SMILES string of the molecule is COc1cc(NC(=O)Cn2nnc(C(=O)Nc3ccc(C)cc3Cl)c2C)cc(OC)c1. The Bertz CT molecular complexity index is 1110. The van der Waals surface area contributed by atoms with Crippen molar-refractivity contribution in [1.82, 2.24) is 15.0 Å². The number of methoxy groups -OCH3 is 2. The van der Waals surface area contributed by atoms with Crippen LogP contribution in [0.4, 0.5) is 11.4 Å². The summed E-state index contributed by atoms with van der Waals surface area (Å²) in [7, 11) is 3.05. The molecule has 2 N–H and O–H groups in total. The van der Waals surface area contributed by atoms with E-state index in [0.717, 1.165) is 5.56 Å². The lowest BCUT2D eigenvalue weighted by Gasteiger charge is -2.10. The third-order valence-corrected chi connectivity index (χ3v) is 4.81. The second kappa shape index (κ2) is 9.48. The fourth-order valence-electron chi connectivity index (χ4n) is 2.84. The first-order valence-electron chi connectivity index (χ1n) is 9.31. The van der Waals surface area contributed by atoms with Crippen molar-refractivity contribution >= 4 is 34.8 Å². The van der Waals surface area contributed by atoms with Crippen molar-refractivity contribution in [2.45, 2.75) is 20.4 Å². The largest absolute Gasteiger partial charge is 0.497 e. The van der Waals surface area contributed by atoms with Crippen molar-refractivity contribution in [3.8, 4) is 11.5 Å². The van der Waals surface area contributed by atoms with E-state index in [1.807, 2.05) is 13.0 Å². The number of ether oxygens (including phenoxy) is 2. The molecule has 0 aliphatic carbocycles. The van der Waals surface area contributed by atoms with E-state index in [0.29, 0.717) is 33.6 Å². The number of rotatable bonds is 7. The Morgan fingerprint density at radius 2 is 1.71 bits per heavy atom. The van der Waals surface area contributed by atoms with Gasteiger partial charge in [0.05, 0.1) is 30.6 Å². The first kappa shape index (κ1) is 22.1. The Labute approximate surface area is 184 Å². The van der Waals surface area contributed by atoms with Gasteiger partial charge in [0.1, 0.15) is 18.0 Å². The first-order valence-corrected chi connectivity index (χ1v) is 9.69. The van der Waals surface area contributed by atoms with Crippen molar-refractivity contribution in [1.29, 1.82) is 0 Å². The maximum Gasteiger partial charge on any atom is 0.278 e. The lowest BCUT2D eigenvalue weighted by Crippen LogP contribution is -2.21. The van der Waals surface area contributed by atoms with Gasteiger partial charge in [-0.25, -0.2) is 4.68 Å². The third-order valence-electron chi connectivity index (χ3n) is 4.50. The number of carbonyl (C=O) groups excluding carboxylic acids is 2. The average molecular weight is 444 g/mol. The number of hydrogen-bond acceptors (Lipinski definition) is 6. The highest BCUT2D eigenvalue weighted by molar-refractivity contribution is 6.34. The molecule has 0 saturated carbocycles. The van der Waals surface area contributed by atoms with E-state index >= 15 is 0 Å². The fourth-order valence-corrected chi connectivity index (χ4v) is 3.12. The van der Waals surface area contributed by atoms with Gasteiger partial charge in [0.15, 0.2) is 5.69 Å². The molecule has 2 amide bonds. The number of carbonyl (C=O) groups is 2. The van der Waals surface area contributed by atoms with Crippen LogP contribution in [-0.4, -0.2) is 41.0 Å². The van der Waals surface area contributed by atoms with E-state index in [9.17, 15) is 9.59 Å². The van der Waals surface area contributed by atoms with Crippen LogP contribution >= 0.6 is 11.6 Å². The normalized spacial score (nSPS) is 10.5. The molecule has 1 heterocycles. The molecule has 0 saturated heterocycles. The molecule has 0 atom stereocenters. The molecule has 10 heteroatoms. The average Bonchev–Trinajstić information content (AvgIpc) is 3.09. The summed E-state index contributed by atoms with van der Waals surface area (Å²) in [6, 6.07) is 10.3. The van der Waals surface area contributed by atoms with E-state index in [1.54, 1.807) is 37.3 Å². The Morgan fingerprint density at radius 1 is 1.03 bits per heavy atom. The molecular weight excluding hydrogens is 422 g/mol. The molecule has 0 spiro atoms. The molecule has 3 rings (SSSR count). The number of nitrogens with zero attached hydrogens (tertiary/aromatic N) is 3. The van der Waals surface area contributed by atoms with Gasteiger partial charge in [-0.1, -0.05) is 22.9 Å². The minimum atomic E-state index is -0.465. The number of aromatic nitrogens is 3. The molecule has 1 aromatic heterocycles. The number of anilines is 2. The molecule has 0 radical (unpaired) electrons. The van der Waals surface area contributed by atoms with Gasteiger partial charge in [0.2, 0.25) is 5.91 Å². The van der Waals surface area contributed by atoms with Gasteiger partial charge in [-0.05, 0) is 31.5 Å². The van der Waals surface area contributed by atoms with Crippen LogP contribution in [0.1, 0.15) is 21.7 Å². The third kappa shape index (κ3) is 5.32. The van der Waals surface area contributed by atoms with E-state index in [1.165, 1.54) is 18.9 Å². The molecular formula is C21H22ClN5O4. The quantitative estimate of drug-likeness (QED) is 0.579. The second-order valence-electron chi connectivity index (χ2n) is 6.77. The topological polar surface area (TPSA) is 107 Å². The minimum absolute atomic E-state index is 0.104. The summed E-state index contributed by atoms with van der Waals surface area (Å²) in [6.45, 7) is 3.43. The van der Waals surface area contributed by atoms with Crippen LogP contribution in [0, 0.1) is 13.8 Å². The van der Waals surface area contributed by atoms with Crippen molar-refractivity contribution in [2.75, 3.05) is 24.9 Å². The summed E-state index contributed by atoms with van der Waals surface area (Å²) >= 11 is 6.17. The number of aryl methyl sites for hydroxylation is 1. The fraction of sp³-hybridized carbons (Fsp3) is 0.238. The maximum absolute atomic E-state index is 12.6. The highest BCUT2D eigenvalue weighted by Gasteiger charge is 2.19. The number of benzene rings is 2. The van der Waals surface area contributed by atoms with Crippen molar-refractivity contribution in [3.05, 3.63) is 58.4 Å². The highest BCUT2D eigenvalue weighted by Crippen LogP contribution is 2.26. The van der Waals surface area contributed by atoms with Gasteiger partial charge in [0, 0.05) is 23.9 Å². The van der Waals surface area contributed by atoms with Crippen LogP contribution < -0.4 is 20.1 Å². The smallest absolute Gasteiger partial charge is 0.278 e. The van der Waals surface area contributed by atoms with Gasteiger partial charge in [0.25, 0.3) is 5.91 Å². The van der Waals surface area contributed by atoms with Crippen molar-refractivity contribution in [3.63, 3.8) is 0 Å². The van der Waals surface area contributed by atoms with Gasteiger partial charge in [-0.2, -0.15) is 0 Å². The molecule has 3 aromatic rings. The molecule has 31 heavy (non-hydrogen) atoms. The monoisotopic (exact) mass is 443 g/mol. The van der Waals surface area contributed by atoms with Crippen LogP contribution in [0.5, 0.6) is 11.5 Å². The first-order chi connectivity index (χ1) is 14.8. The van der Waals surface area contributed by atoms with Crippen LogP contribution in [0.15, 0.2) is 36.4 Å². The molecule has 0 fully saturated rings. The zero-order valence-electron chi connectivity index (χ0n) is 17.5. The van der Waals surface area contributed by atoms with E-state index in [-0.39, 0.29) is 18.1 Å². The molecule has 162 valence electrons. The van der Waals surface area contributed by atoms with Crippen LogP contribution in [0.25, 0.3) is 0 Å². The zero-order chi connectivity index (χ0) is 22.5. The summed E-state index contributed by atoms with van der Waals surface area (Å²) in [5, 5.41) is 13.7. The van der Waals surface area contributed by atoms with Crippen LogP contribution in [0.3, 0.4) is 0 Å². The molecule has 0 bridgehead atoms. The number of hydrogen-bond donors (Lipinski definition) is 2. The number of nitrogens with one attached hydrogen (secondary N) is 2. The van der Waals surface area contributed by atoms with Crippen LogP contribution in [-0.2, 0) is 11.3 Å². The maximum atomic E-state index is 12.6. The lowest BCUT2D eigenvalue weighted by molar-refractivity contribution is -0.117. The minimum Gasteiger partial charge on any atom is -0.497 e. The summed E-state index contributed by atoms with van der Waals surface area (Å²) in [5.74, 6) is 0.268. The summed E-state index contributed by atoms with van der Waals surface area (Å²) in [4.78, 5) is 25.1. The number of amides is 2. The van der Waals surface area contributed by atoms with Gasteiger partial charge >= 0.3 is 0 Å². The Morgan fingerprint density at radius 3 is 2.32 bits per heavy atom. The predicted molar refractivity (Wildman–Crippen MR) is 117 cm³/mol. The molecule has 0 aliphatic heterocycles. The summed E-state index contributed by atoms with van der Waals surface area (Å²) in [5.41, 5.74) is 2.50. The molecule has 0 aliphatic rings.